The van der Waals surface area contributed by atoms with Gasteiger partial charge in [-0.15, -0.1) is 0 Å². The largest absolute Gasteiger partial charge is 0.447 e. The normalized spacial score (nSPS) is 16.9. The maximum absolute atomic E-state index is 12.1. The lowest BCUT2D eigenvalue weighted by atomic mass is 10.1. The first-order chi connectivity index (χ1) is 9.62. The van der Waals surface area contributed by atoms with Crippen LogP contribution in [0.15, 0.2) is 21.6 Å². The van der Waals surface area contributed by atoms with Gasteiger partial charge in [-0.05, 0) is 43.9 Å². The third-order valence-corrected chi connectivity index (χ3v) is 4.96. The Morgan fingerprint density at radius 2 is 2.05 bits per heavy atom. The average Bonchev–Trinajstić information content (AvgIpc) is 3.08. The van der Waals surface area contributed by atoms with Gasteiger partial charge in [0.1, 0.15) is 5.76 Å². The first-order valence-corrected chi connectivity index (χ1v) is 8.89. The quantitative estimate of drug-likeness (QED) is 0.722. The number of hydrogen-bond acceptors (Lipinski definition) is 4. The molecule has 114 valence electrons. The fourth-order valence-corrected chi connectivity index (χ4v) is 3.56. The number of hydrogen-bond donors (Lipinski definition) is 2. The van der Waals surface area contributed by atoms with Gasteiger partial charge < -0.3 is 9.73 Å². The molecule has 1 fully saturated rings. The minimum atomic E-state index is -3.50. The molecule has 0 radical (unpaired) electrons. The van der Waals surface area contributed by atoms with Crippen LogP contribution in [0.5, 0.6) is 0 Å². The molecule has 2 rings (SSSR count). The zero-order chi connectivity index (χ0) is 14.4. The summed E-state index contributed by atoms with van der Waals surface area (Å²) in [5.74, 6) is 1.13. The molecule has 1 aliphatic rings. The van der Waals surface area contributed by atoms with Crippen LogP contribution in [-0.2, 0) is 16.6 Å². The Hall–Kier alpha value is -0.850. The van der Waals surface area contributed by atoms with Crippen molar-refractivity contribution in [2.45, 2.75) is 50.7 Å². The summed E-state index contributed by atoms with van der Waals surface area (Å²) in [6, 6.07) is 3.24. The lowest BCUT2D eigenvalue weighted by Crippen LogP contribution is -2.28. The molecule has 1 aromatic rings. The molecule has 0 saturated heterocycles. The van der Waals surface area contributed by atoms with Gasteiger partial charge in [0.2, 0.25) is 5.09 Å². The molecule has 1 aliphatic carbocycles. The standard InChI is InChI=1S/C14H24N2O3S/c1-2-9-15-11-13-7-8-14(19-13)20(17,18)16-10-12-5-3-4-6-12/h7-8,12,15-16H,2-6,9-11H2,1H3. The van der Waals surface area contributed by atoms with Crippen molar-refractivity contribution in [3.63, 3.8) is 0 Å². The summed E-state index contributed by atoms with van der Waals surface area (Å²) >= 11 is 0. The first kappa shape index (κ1) is 15.5. The number of sulfonamides is 1. The second-order valence-electron chi connectivity index (χ2n) is 5.40. The van der Waals surface area contributed by atoms with Crippen LogP contribution in [-0.4, -0.2) is 21.5 Å². The second kappa shape index (κ2) is 7.24. The van der Waals surface area contributed by atoms with Gasteiger partial charge in [0.25, 0.3) is 10.0 Å². The van der Waals surface area contributed by atoms with Crippen LogP contribution < -0.4 is 10.0 Å². The van der Waals surface area contributed by atoms with Crippen molar-refractivity contribution in [3.05, 3.63) is 17.9 Å². The van der Waals surface area contributed by atoms with Crippen molar-refractivity contribution < 1.29 is 12.8 Å². The molecular formula is C14H24N2O3S. The molecule has 1 saturated carbocycles. The second-order valence-corrected chi connectivity index (χ2v) is 7.10. The summed E-state index contributed by atoms with van der Waals surface area (Å²) in [7, 11) is -3.50. The van der Waals surface area contributed by atoms with E-state index in [1.165, 1.54) is 18.9 Å². The summed E-state index contributed by atoms with van der Waals surface area (Å²) in [4.78, 5) is 0. The molecule has 1 heterocycles. The Kier molecular flexibility index (Phi) is 5.63. The Balaban J connectivity index is 1.88. The van der Waals surface area contributed by atoms with Crippen LogP contribution in [0.25, 0.3) is 0 Å². The van der Waals surface area contributed by atoms with Crippen molar-refractivity contribution >= 4 is 10.0 Å². The minimum Gasteiger partial charge on any atom is -0.447 e. The summed E-state index contributed by atoms with van der Waals surface area (Å²) < 4.78 is 32.3. The smallest absolute Gasteiger partial charge is 0.273 e. The number of furan rings is 1. The predicted octanol–water partition coefficient (Wildman–Crippen LogP) is 2.25. The van der Waals surface area contributed by atoms with Crippen LogP contribution in [0.3, 0.4) is 0 Å². The summed E-state index contributed by atoms with van der Waals surface area (Å²) in [6.45, 7) is 4.05. The predicted molar refractivity (Wildman–Crippen MR) is 77.9 cm³/mol. The van der Waals surface area contributed by atoms with Crippen LogP contribution in [0.4, 0.5) is 0 Å². The minimum absolute atomic E-state index is 0.0174. The Morgan fingerprint density at radius 3 is 2.75 bits per heavy atom. The third kappa shape index (κ3) is 4.33. The zero-order valence-electron chi connectivity index (χ0n) is 12.0. The zero-order valence-corrected chi connectivity index (χ0v) is 12.8. The summed E-state index contributed by atoms with van der Waals surface area (Å²) in [5, 5.41) is 3.20. The molecule has 0 unspecified atom stereocenters. The fraction of sp³-hybridized carbons (Fsp3) is 0.714. The Bertz CT molecular complexity index is 504. The van der Waals surface area contributed by atoms with Crippen molar-refractivity contribution in [3.8, 4) is 0 Å². The molecular weight excluding hydrogens is 276 g/mol. The van der Waals surface area contributed by atoms with Gasteiger partial charge in [-0.1, -0.05) is 19.8 Å². The maximum Gasteiger partial charge on any atom is 0.273 e. The molecule has 2 N–H and O–H groups in total. The summed E-state index contributed by atoms with van der Waals surface area (Å²) in [5.41, 5.74) is 0. The molecule has 1 aromatic heterocycles. The number of nitrogens with one attached hydrogen (secondary N) is 2. The van der Waals surface area contributed by atoms with E-state index in [4.69, 9.17) is 4.42 Å². The molecule has 0 amide bonds. The van der Waals surface area contributed by atoms with Crippen LogP contribution in [0.2, 0.25) is 0 Å². The van der Waals surface area contributed by atoms with Gasteiger partial charge in [0.15, 0.2) is 0 Å². The molecule has 0 atom stereocenters. The highest BCUT2D eigenvalue weighted by atomic mass is 32.2. The highest BCUT2D eigenvalue weighted by Gasteiger charge is 2.22. The Labute approximate surface area is 121 Å². The SMILES string of the molecule is CCCNCc1ccc(S(=O)(=O)NCC2CCCC2)o1. The van der Waals surface area contributed by atoms with Crippen molar-refractivity contribution in [2.24, 2.45) is 5.92 Å². The van der Waals surface area contributed by atoms with Gasteiger partial charge >= 0.3 is 0 Å². The lowest BCUT2D eigenvalue weighted by Gasteiger charge is -2.09. The van der Waals surface area contributed by atoms with Gasteiger partial charge in [0, 0.05) is 6.54 Å². The van der Waals surface area contributed by atoms with Crippen molar-refractivity contribution in [1.82, 2.24) is 10.0 Å². The molecule has 20 heavy (non-hydrogen) atoms. The molecule has 6 heteroatoms. The van der Waals surface area contributed by atoms with Gasteiger partial charge in [-0.25, -0.2) is 13.1 Å². The van der Waals surface area contributed by atoms with E-state index in [9.17, 15) is 8.42 Å². The van der Waals surface area contributed by atoms with Crippen molar-refractivity contribution in [2.75, 3.05) is 13.1 Å². The molecule has 0 aliphatic heterocycles. The van der Waals surface area contributed by atoms with E-state index in [-0.39, 0.29) is 5.09 Å². The first-order valence-electron chi connectivity index (χ1n) is 7.41. The molecule has 0 spiro atoms. The van der Waals surface area contributed by atoms with E-state index in [1.54, 1.807) is 6.07 Å². The van der Waals surface area contributed by atoms with E-state index >= 15 is 0 Å². The lowest BCUT2D eigenvalue weighted by molar-refractivity contribution is 0.398. The van der Waals surface area contributed by atoms with E-state index < -0.39 is 10.0 Å². The van der Waals surface area contributed by atoms with Gasteiger partial charge in [-0.2, -0.15) is 0 Å². The maximum atomic E-state index is 12.1. The molecule has 0 aromatic carbocycles. The van der Waals surface area contributed by atoms with Crippen molar-refractivity contribution in [1.29, 1.82) is 0 Å². The number of rotatable bonds is 8. The Morgan fingerprint density at radius 1 is 1.30 bits per heavy atom. The molecule has 0 bridgehead atoms. The molecule has 5 nitrogen and oxygen atoms in total. The summed E-state index contributed by atoms with van der Waals surface area (Å²) in [6.07, 6.45) is 5.69. The van der Waals surface area contributed by atoms with E-state index in [0.29, 0.717) is 24.8 Å². The topological polar surface area (TPSA) is 71.3 Å². The van der Waals surface area contributed by atoms with Gasteiger partial charge in [-0.3, -0.25) is 0 Å². The average molecular weight is 300 g/mol. The highest BCUT2D eigenvalue weighted by molar-refractivity contribution is 7.89. The van der Waals surface area contributed by atoms with Gasteiger partial charge in [0.05, 0.1) is 6.54 Å². The fourth-order valence-electron chi connectivity index (χ4n) is 2.50. The van der Waals surface area contributed by atoms with E-state index in [2.05, 4.69) is 17.0 Å². The van der Waals surface area contributed by atoms with Crippen LogP contribution in [0.1, 0.15) is 44.8 Å². The third-order valence-electron chi connectivity index (χ3n) is 3.66. The van der Waals surface area contributed by atoms with Crippen LogP contribution >= 0.6 is 0 Å². The monoisotopic (exact) mass is 300 g/mol. The van der Waals surface area contributed by atoms with E-state index in [0.717, 1.165) is 25.8 Å². The van der Waals surface area contributed by atoms with E-state index in [1.807, 2.05) is 0 Å². The van der Waals surface area contributed by atoms with Crippen LogP contribution in [0, 0.1) is 5.92 Å². The highest BCUT2D eigenvalue weighted by Crippen LogP contribution is 2.24.